The minimum absolute atomic E-state index is 0. The van der Waals surface area contributed by atoms with Gasteiger partial charge in [0.2, 0.25) is 5.91 Å². The van der Waals surface area contributed by atoms with Crippen LogP contribution in [0.1, 0.15) is 50.8 Å². The lowest BCUT2D eigenvalue weighted by molar-refractivity contribution is -0.123. The number of amides is 1. The molecule has 1 saturated heterocycles. The van der Waals surface area contributed by atoms with E-state index < -0.39 is 0 Å². The van der Waals surface area contributed by atoms with E-state index >= 15 is 0 Å². The third-order valence-electron chi connectivity index (χ3n) is 8.55. The number of fused-ring (bicyclic) bond motifs is 1. The first-order valence-corrected chi connectivity index (χ1v) is 13.4. The van der Waals surface area contributed by atoms with E-state index in [1.165, 1.54) is 16.7 Å². The number of benzene rings is 2. The normalized spacial score (nSPS) is 22.5. The summed E-state index contributed by atoms with van der Waals surface area (Å²) < 4.78 is 5.35. The van der Waals surface area contributed by atoms with Crippen molar-refractivity contribution in [2.45, 2.75) is 58.5 Å². The van der Waals surface area contributed by atoms with Gasteiger partial charge in [-0.15, -0.1) is 24.8 Å². The highest BCUT2D eigenvalue weighted by molar-refractivity contribution is 5.85. The molecule has 2 heterocycles. The number of piperidine rings is 1. The van der Waals surface area contributed by atoms with Gasteiger partial charge in [0.05, 0.1) is 13.7 Å². The number of phenols is 1. The topological polar surface area (TPSA) is 65.0 Å². The van der Waals surface area contributed by atoms with Gasteiger partial charge in [0.25, 0.3) is 0 Å². The molecule has 2 aliphatic heterocycles. The lowest BCUT2D eigenvalue weighted by atomic mass is 9.68. The lowest BCUT2D eigenvalue weighted by Gasteiger charge is -2.46. The summed E-state index contributed by atoms with van der Waals surface area (Å²) in [6.45, 7) is 14.0. The summed E-state index contributed by atoms with van der Waals surface area (Å²) in [6.07, 6.45) is 1.98. The molecule has 0 aromatic heterocycles. The molecule has 2 aliphatic rings. The molecule has 1 fully saturated rings. The number of methoxy groups -OCH3 is 1. The lowest BCUT2D eigenvalue weighted by Crippen LogP contribution is -2.54. The Bertz CT molecular complexity index is 1070. The average Bonchev–Trinajstić information content (AvgIpc) is 2.85. The molecule has 0 spiro atoms. The summed E-state index contributed by atoms with van der Waals surface area (Å²) in [5.41, 5.74) is 3.86. The molecule has 0 aliphatic carbocycles. The number of ether oxygens (including phenoxy) is 1. The largest absolute Gasteiger partial charge is 0.508 e. The minimum Gasteiger partial charge on any atom is -0.508 e. The zero-order valence-electron chi connectivity index (χ0n) is 23.4. The van der Waals surface area contributed by atoms with Crippen molar-refractivity contribution in [3.8, 4) is 11.5 Å². The molecule has 0 unspecified atom stereocenters. The molecule has 6 nitrogen and oxygen atoms in total. The number of hydrogen-bond donors (Lipinski definition) is 2. The van der Waals surface area contributed by atoms with Crippen LogP contribution in [0.25, 0.3) is 0 Å². The Labute approximate surface area is 240 Å². The Morgan fingerprint density at radius 2 is 1.89 bits per heavy atom. The molecule has 1 amide bonds. The monoisotopic (exact) mass is 565 g/mol. The zero-order chi connectivity index (χ0) is 25.9. The summed E-state index contributed by atoms with van der Waals surface area (Å²) in [5, 5.41) is 13.3. The van der Waals surface area contributed by atoms with Crippen LogP contribution in [0.15, 0.2) is 42.5 Å². The van der Waals surface area contributed by atoms with Crippen molar-refractivity contribution in [1.82, 2.24) is 15.1 Å². The fraction of sp³-hybridized carbons (Fsp3) is 0.567. The summed E-state index contributed by atoms with van der Waals surface area (Å²) >= 11 is 0. The Morgan fingerprint density at radius 3 is 2.55 bits per heavy atom. The maximum atomic E-state index is 13.0. The van der Waals surface area contributed by atoms with Crippen LogP contribution in [0.4, 0.5) is 0 Å². The van der Waals surface area contributed by atoms with Gasteiger partial charge in [-0.05, 0) is 77.6 Å². The van der Waals surface area contributed by atoms with Gasteiger partial charge in [0, 0.05) is 32.2 Å². The third kappa shape index (κ3) is 7.56. The van der Waals surface area contributed by atoms with Crippen molar-refractivity contribution in [2.24, 2.45) is 11.8 Å². The number of nitrogens with one attached hydrogen (secondary N) is 1. The van der Waals surface area contributed by atoms with E-state index in [1.807, 2.05) is 18.2 Å². The molecule has 2 N–H and O–H groups in total. The van der Waals surface area contributed by atoms with E-state index in [2.05, 4.69) is 61.0 Å². The Hall–Kier alpha value is -1.99. The molecule has 0 radical (unpaired) electrons. The Morgan fingerprint density at radius 1 is 1.13 bits per heavy atom. The number of halogens is 2. The fourth-order valence-electron chi connectivity index (χ4n) is 5.78. The molecule has 212 valence electrons. The van der Waals surface area contributed by atoms with E-state index in [0.717, 1.165) is 51.3 Å². The second-order valence-electron chi connectivity index (χ2n) is 11.4. The SMILES string of the molecule is COc1ccc2c(c1)CCN(CC(=O)N[C@H](CN1CC[C@@](C)(c3cccc(O)c3)[C@@H](C)C1)C(C)C)C2.Cl.Cl. The quantitative estimate of drug-likeness (QED) is 0.469. The highest BCUT2D eigenvalue weighted by atomic mass is 35.5. The van der Waals surface area contributed by atoms with E-state index in [-0.39, 0.29) is 42.2 Å². The first-order chi connectivity index (χ1) is 17.2. The van der Waals surface area contributed by atoms with Crippen LogP contribution in [0.2, 0.25) is 0 Å². The van der Waals surface area contributed by atoms with Gasteiger partial charge in [0.1, 0.15) is 11.5 Å². The fourth-order valence-corrected chi connectivity index (χ4v) is 5.78. The number of rotatable bonds is 8. The van der Waals surface area contributed by atoms with Gasteiger partial charge in [0.15, 0.2) is 0 Å². The third-order valence-corrected chi connectivity index (χ3v) is 8.55. The Balaban J connectivity index is 0.00000253. The molecule has 2 aromatic rings. The van der Waals surface area contributed by atoms with Crippen LogP contribution >= 0.6 is 24.8 Å². The summed E-state index contributed by atoms with van der Waals surface area (Å²) in [4.78, 5) is 17.8. The van der Waals surface area contributed by atoms with Gasteiger partial charge in [-0.1, -0.05) is 45.9 Å². The van der Waals surface area contributed by atoms with Gasteiger partial charge in [-0.25, -0.2) is 0 Å². The molecule has 8 heteroatoms. The van der Waals surface area contributed by atoms with Crippen molar-refractivity contribution in [3.63, 3.8) is 0 Å². The predicted octanol–water partition coefficient (Wildman–Crippen LogP) is 5.04. The van der Waals surface area contributed by atoms with Crippen molar-refractivity contribution < 1.29 is 14.6 Å². The standard InChI is InChI=1S/C30H43N3O3.2ClH/c1-21(2)28(19-33-14-12-30(4,22(3)17-33)25-7-6-8-26(34)16-25)31-29(35)20-32-13-11-23-15-27(36-5)10-9-24(23)18-32;;/h6-10,15-16,21-22,28,34H,11-14,17-20H2,1-5H3,(H,31,35);2*1H/t22-,28+,30+;;/m0../s1. The van der Waals surface area contributed by atoms with Gasteiger partial charge >= 0.3 is 0 Å². The first kappa shape index (κ1) is 32.2. The van der Waals surface area contributed by atoms with E-state index in [0.29, 0.717) is 24.1 Å². The smallest absolute Gasteiger partial charge is 0.234 e. The summed E-state index contributed by atoms with van der Waals surface area (Å²) in [6, 6.07) is 14.1. The maximum Gasteiger partial charge on any atom is 0.234 e. The van der Waals surface area contributed by atoms with Crippen molar-refractivity contribution >= 4 is 30.7 Å². The van der Waals surface area contributed by atoms with Crippen molar-refractivity contribution in [1.29, 1.82) is 0 Å². The van der Waals surface area contributed by atoms with Crippen LogP contribution in [0, 0.1) is 11.8 Å². The maximum absolute atomic E-state index is 13.0. The average molecular weight is 567 g/mol. The van der Waals surface area contributed by atoms with Crippen LogP contribution < -0.4 is 10.1 Å². The molecule has 0 saturated carbocycles. The number of hydrogen-bond acceptors (Lipinski definition) is 5. The minimum atomic E-state index is 0. The molecule has 38 heavy (non-hydrogen) atoms. The zero-order valence-corrected chi connectivity index (χ0v) is 25.0. The number of aromatic hydroxyl groups is 1. The van der Waals surface area contributed by atoms with Crippen LogP contribution in [-0.2, 0) is 23.2 Å². The van der Waals surface area contributed by atoms with E-state index in [1.54, 1.807) is 13.2 Å². The number of carbonyl (C=O) groups excluding carboxylic acids is 1. The van der Waals surface area contributed by atoms with Crippen molar-refractivity contribution in [3.05, 3.63) is 59.2 Å². The summed E-state index contributed by atoms with van der Waals surface area (Å²) in [7, 11) is 1.70. The van der Waals surface area contributed by atoms with E-state index in [9.17, 15) is 9.90 Å². The van der Waals surface area contributed by atoms with Gasteiger partial charge < -0.3 is 20.1 Å². The number of carbonyl (C=O) groups is 1. The predicted molar refractivity (Wildman–Crippen MR) is 159 cm³/mol. The summed E-state index contributed by atoms with van der Waals surface area (Å²) in [5.74, 6) is 2.15. The molecule has 3 atom stereocenters. The van der Waals surface area contributed by atoms with Gasteiger partial charge in [-0.3, -0.25) is 9.69 Å². The second kappa shape index (κ2) is 13.9. The molecule has 2 aromatic carbocycles. The Kier molecular flexibility index (Phi) is 11.8. The van der Waals surface area contributed by atoms with Crippen LogP contribution in [-0.4, -0.2) is 66.7 Å². The number of likely N-dealkylation sites (tertiary alicyclic amines) is 1. The van der Waals surface area contributed by atoms with E-state index in [4.69, 9.17) is 4.74 Å². The number of nitrogens with zero attached hydrogens (tertiary/aromatic N) is 2. The molecular weight excluding hydrogens is 521 g/mol. The molecule has 0 bridgehead atoms. The second-order valence-corrected chi connectivity index (χ2v) is 11.4. The van der Waals surface area contributed by atoms with Crippen LogP contribution in [0.3, 0.4) is 0 Å². The highest BCUT2D eigenvalue weighted by Crippen LogP contribution is 2.40. The number of phenolic OH excluding ortho intramolecular Hbond substituents is 1. The molecular formula is C30H45Cl2N3O3. The van der Waals surface area contributed by atoms with Crippen LogP contribution in [0.5, 0.6) is 11.5 Å². The molecule has 4 rings (SSSR count). The first-order valence-electron chi connectivity index (χ1n) is 13.4. The van der Waals surface area contributed by atoms with Gasteiger partial charge in [-0.2, -0.15) is 0 Å². The van der Waals surface area contributed by atoms with Crippen molar-refractivity contribution in [2.75, 3.05) is 39.8 Å². The highest BCUT2D eigenvalue weighted by Gasteiger charge is 2.38.